The van der Waals surface area contributed by atoms with Crippen molar-refractivity contribution in [2.75, 3.05) is 44.3 Å². The lowest BCUT2D eigenvalue weighted by atomic mass is 9.99. The van der Waals surface area contributed by atoms with E-state index in [1.54, 1.807) is 6.20 Å². The van der Waals surface area contributed by atoms with E-state index in [1.165, 1.54) is 11.1 Å². The summed E-state index contributed by atoms with van der Waals surface area (Å²) in [6, 6.07) is 14.4. The largest absolute Gasteiger partial charge is 0.378 e. The number of pyridine rings is 1. The van der Waals surface area contributed by atoms with Crippen LogP contribution in [-0.4, -0.2) is 55.2 Å². The molecule has 2 aliphatic heterocycles. The first kappa shape index (κ1) is 16.8. The number of amides is 1. The van der Waals surface area contributed by atoms with Crippen molar-refractivity contribution in [3.63, 3.8) is 0 Å². The SMILES string of the molecule is O=C(c1ccc(N2CC=C(c3ccccc3)CC2)nc1)N1CCOCC1. The molecule has 0 N–H and O–H groups in total. The molecular formula is C21H23N3O2. The molecule has 4 rings (SSSR count). The van der Waals surface area contributed by atoms with E-state index in [0.29, 0.717) is 31.9 Å². The van der Waals surface area contributed by atoms with Gasteiger partial charge in [0, 0.05) is 32.4 Å². The molecule has 0 atom stereocenters. The molecule has 0 radical (unpaired) electrons. The maximum absolute atomic E-state index is 12.5. The van der Waals surface area contributed by atoms with Crippen LogP contribution in [0.3, 0.4) is 0 Å². The fraction of sp³-hybridized carbons (Fsp3) is 0.333. The first-order valence-electron chi connectivity index (χ1n) is 9.14. The van der Waals surface area contributed by atoms with Crippen molar-refractivity contribution in [3.05, 3.63) is 65.9 Å². The Morgan fingerprint density at radius 1 is 1.00 bits per heavy atom. The molecule has 1 fully saturated rings. The van der Waals surface area contributed by atoms with Crippen molar-refractivity contribution in [3.8, 4) is 0 Å². The lowest BCUT2D eigenvalue weighted by Gasteiger charge is -2.28. The topological polar surface area (TPSA) is 45.7 Å². The summed E-state index contributed by atoms with van der Waals surface area (Å²) in [7, 11) is 0. The van der Waals surface area contributed by atoms with Crippen LogP contribution in [0.5, 0.6) is 0 Å². The number of carbonyl (C=O) groups excluding carboxylic acids is 1. The Labute approximate surface area is 153 Å². The Morgan fingerprint density at radius 3 is 2.46 bits per heavy atom. The van der Waals surface area contributed by atoms with Crippen LogP contribution in [0.1, 0.15) is 22.3 Å². The Hall–Kier alpha value is -2.66. The van der Waals surface area contributed by atoms with E-state index in [-0.39, 0.29) is 5.91 Å². The second kappa shape index (κ2) is 7.70. The number of rotatable bonds is 3. The highest BCUT2D eigenvalue weighted by molar-refractivity contribution is 5.94. The lowest BCUT2D eigenvalue weighted by Crippen LogP contribution is -2.40. The van der Waals surface area contributed by atoms with Crippen molar-refractivity contribution in [2.45, 2.75) is 6.42 Å². The van der Waals surface area contributed by atoms with Crippen LogP contribution in [0, 0.1) is 0 Å². The standard InChI is InChI=1S/C21H23N3O2/c25-21(24-12-14-26-15-13-24)19-6-7-20(22-16-19)23-10-8-18(9-11-23)17-4-2-1-3-5-17/h1-8,16H,9-15H2. The van der Waals surface area contributed by atoms with Gasteiger partial charge in [-0.2, -0.15) is 0 Å². The summed E-state index contributed by atoms with van der Waals surface area (Å²) in [6.07, 6.45) is 4.97. The highest BCUT2D eigenvalue weighted by atomic mass is 16.5. The molecule has 1 saturated heterocycles. The smallest absolute Gasteiger partial charge is 0.255 e. The number of anilines is 1. The van der Waals surface area contributed by atoms with E-state index >= 15 is 0 Å². The zero-order valence-corrected chi connectivity index (χ0v) is 14.8. The average molecular weight is 349 g/mol. The number of morpholine rings is 1. The second-order valence-electron chi connectivity index (χ2n) is 6.60. The molecule has 1 amide bonds. The van der Waals surface area contributed by atoms with Gasteiger partial charge in [-0.3, -0.25) is 4.79 Å². The van der Waals surface area contributed by atoms with Gasteiger partial charge in [0.05, 0.1) is 18.8 Å². The predicted molar refractivity (Wildman–Crippen MR) is 102 cm³/mol. The van der Waals surface area contributed by atoms with Gasteiger partial charge in [-0.05, 0) is 29.7 Å². The van der Waals surface area contributed by atoms with E-state index in [2.05, 4.69) is 40.2 Å². The van der Waals surface area contributed by atoms with Gasteiger partial charge < -0.3 is 14.5 Å². The Bertz CT molecular complexity index is 781. The van der Waals surface area contributed by atoms with Crippen molar-refractivity contribution >= 4 is 17.3 Å². The Balaban J connectivity index is 1.41. The number of hydrogen-bond donors (Lipinski definition) is 0. The third kappa shape index (κ3) is 3.63. The van der Waals surface area contributed by atoms with Gasteiger partial charge in [0.25, 0.3) is 5.91 Å². The quantitative estimate of drug-likeness (QED) is 0.855. The molecular weight excluding hydrogens is 326 g/mol. The van der Waals surface area contributed by atoms with Crippen molar-refractivity contribution in [1.82, 2.24) is 9.88 Å². The summed E-state index contributed by atoms with van der Waals surface area (Å²) in [5, 5.41) is 0. The number of carbonyl (C=O) groups is 1. The zero-order valence-electron chi connectivity index (χ0n) is 14.8. The van der Waals surface area contributed by atoms with E-state index in [0.717, 1.165) is 25.3 Å². The number of aromatic nitrogens is 1. The summed E-state index contributed by atoms with van der Waals surface area (Å²) < 4.78 is 5.30. The number of hydrogen-bond acceptors (Lipinski definition) is 4. The van der Waals surface area contributed by atoms with Gasteiger partial charge in [0.15, 0.2) is 0 Å². The molecule has 2 aromatic rings. The monoisotopic (exact) mass is 349 g/mol. The highest BCUT2D eigenvalue weighted by Gasteiger charge is 2.20. The first-order chi connectivity index (χ1) is 12.8. The Kier molecular flexibility index (Phi) is 4.97. The molecule has 5 nitrogen and oxygen atoms in total. The minimum Gasteiger partial charge on any atom is -0.378 e. The molecule has 26 heavy (non-hydrogen) atoms. The normalized spacial score (nSPS) is 17.8. The molecule has 134 valence electrons. The maximum Gasteiger partial charge on any atom is 0.255 e. The van der Waals surface area contributed by atoms with E-state index in [4.69, 9.17) is 4.74 Å². The minimum absolute atomic E-state index is 0.0391. The third-order valence-corrected chi connectivity index (χ3v) is 4.97. The van der Waals surface area contributed by atoms with Crippen LogP contribution in [-0.2, 0) is 4.74 Å². The van der Waals surface area contributed by atoms with Crippen LogP contribution in [0.15, 0.2) is 54.7 Å². The molecule has 2 aliphatic rings. The summed E-state index contributed by atoms with van der Waals surface area (Å²) in [5.74, 6) is 0.962. The fourth-order valence-corrected chi connectivity index (χ4v) is 3.44. The molecule has 1 aromatic carbocycles. The molecule has 3 heterocycles. The van der Waals surface area contributed by atoms with Crippen LogP contribution in [0.25, 0.3) is 5.57 Å². The zero-order chi connectivity index (χ0) is 17.8. The molecule has 1 aromatic heterocycles. The van der Waals surface area contributed by atoms with Gasteiger partial charge in [0.1, 0.15) is 5.82 Å². The molecule has 0 aliphatic carbocycles. The lowest BCUT2D eigenvalue weighted by molar-refractivity contribution is 0.0302. The average Bonchev–Trinajstić information content (AvgIpc) is 2.75. The van der Waals surface area contributed by atoms with Crippen LogP contribution >= 0.6 is 0 Å². The summed E-state index contributed by atoms with van der Waals surface area (Å²) in [6.45, 7) is 4.31. The van der Waals surface area contributed by atoms with Gasteiger partial charge >= 0.3 is 0 Å². The van der Waals surface area contributed by atoms with Crippen molar-refractivity contribution in [1.29, 1.82) is 0 Å². The van der Waals surface area contributed by atoms with E-state index in [1.807, 2.05) is 23.1 Å². The predicted octanol–water partition coefficient (Wildman–Crippen LogP) is 2.85. The first-order valence-corrected chi connectivity index (χ1v) is 9.14. The number of ether oxygens (including phenoxy) is 1. The summed E-state index contributed by atoms with van der Waals surface area (Å²) in [5.41, 5.74) is 3.33. The van der Waals surface area contributed by atoms with Crippen LogP contribution in [0.4, 0.5) is 5.82 Å². The van der Waals surface area contributed by atoms with E-state index in [9.17, 15) is 4.79 Å². The van der Waals surface area contributed by atoms with Crippen molar-refractivity contribution < 1.29 is 9.53 Å². The van der Waals surface area contributed by atoms with Crippen LogP contribution < -0.4 is 4.90 Å². The molecule has 0 saturated carbocycles. The summed E-state index contributed by atoms with van der Waals surface area (Å²) in [4.78, 5) is 21.1. The number of benzene rings is 1. The molecule has 5 heteroatoms. The maximum atomic E-state index is 12.5. The van der Waals surface area contributed by atoms with Gasteiger partial charge in [-0.15, -0.1) is 0 Å². The van der Waals surface area contributed by atoms with Gasteiger partial charge in [0.2, 0.25) is 0 Å². The minimum atomic E-state index is 0.0391. The molecule has 0 bridgehead atoms. The highest BCUT2D eigenvalue weighted by Crippen LogP contribution is 2.24. The fourth-order valence-electron chi connectivity index (χ4n) is 3.44. The Morgan fingerprint density at radius 2 is 1.81 bits per heavy atom. The van der Waals surface area contributed by atoms with Crippen molar-refractivity contribution in [2.24, 2.45) is 0 Å². The molecule has 0 unspecified atom stereocenters. The molecule has 0 spiro atoms. The third-order valence-electron chi connectivity index (χ3n) is 4.97. The van der Waals surface area contributed by atoms with Crippen LogP contribution in [0.2, 0.25) is 0 Å². The van der Waals surface area contributed by atoms with E-state index < -0.39 is 0 Å². The summed E-state index contributed by atoms with van der Waals surface area (Å²) >= 11 is 0. The number of nitrogens with zero attached hydrogens (tertiary/aromatic N) is 3. The van der Waals surface area contributed by atoms with Gasteiger partial charge in [-0.1, -0.05) is 36.4 Å². The second-order valence-corrected chi connectivity index (χ2v) is 6.60. The van der Waals surface area contributed by atoms with Gasteiger partial charge in [-0.25, -0.2) is 4.98 Å².